The van der Waals surface area contributed by atoms with Crippen molar-refractivity contribution < 1.29 is 19.7 Å². The number of aliphatic hydroxyl groups is 2. The molecule has 6 nitrogen and oxygen atoms in total. The van der Waals surface area contributed by atoms with Crippen molar-refractivity contribution in [3.8, 4) is 0 Å². The highest BCUT2D eigenvalue weighted by Gasteiger charge is 2.43. The molecule has 0 bridgehead atoms. The van der Waals surface area contributed by atoms with E-state index in [1.807, 2.05) is 11.0 Å². The summed E-state index contributed by atoms with van der Waals surface area (Å²) in [6.45, 7) is 3.53. The maximum absolute atomic E-state index is 12.9. The summed E-state index contributed by atoms with van der Waals surface area (Å²) in [5, 5.41) is 20.5. The zero-order valence-electron chi connectivity index (χ0n) is 16.3. The largest absolute Gasteiger partial charge is 0.396 e. The number of carbonyl (C=O) groups excluding carboxylic acids is 1. The Balaban J connectivity index is 1.59. The third kappa shape index (κ3) is 4.69. The molecule has 27 heavy (non-hydrogen) atoms. The molecule has 1 aromatic carbocycles. The molecule has 2 atom stereocenters. The average molecular weight is 376 g/mol. The van der Waals surface area contributed by atoms with Crippen LogP contribution in [0.1, 0.15) is 30.4 Å². The summed E-state index contributed by atoms with van der Waals surface area (Å²) in [7, 11) is 1.65. The predicted molar refractivity (Wildman–Crippen MR) is 103 cm³/mol. The molecule has 2 aliphatic heterocycles. The topological polar surface area (TPSA) is 73.2 Å². The van der Waals surface area contributed by atoms with Gasteiger partial charge >= 0.3 is 0 Å². The summed E-state index contributed by atoms with van der Waals surface area (Å²) in [4.78, 5) is 16.9. The number of methoxy groups -OCH3 is 1. The molecule has 1 saturated heterocycles. The van der Waals surface area contributed by atoms with Crippen LogP contribution >= 0.6 is 0 Å². The number of carbonyl (C=O) groups is 1. The van der Waals surface area contributed by atoms with Crippen molar-refractivity contribution in [2.75, 3.05) is 46.5 Å². The Kier molecular flexibility index (Phi) is 6.87. The Morgan fingerprint density at radius 3 is 2.81 bits per heavy atom. The Bertz CT molecular complexity index is 638. The van der Waals surface area contributed by atoms with Crippen LogP contribution in [0.4, 0.5) is 0 Å². The van der Waals surface area contributed by atoms with Crippen LogP contribution in [0.3, 0.4) is 0 Å². The van der Waals surface area contributed by atoms with Crippen LogP contribution in [0, 0.1) is 5.41 Å². The molecule has 3 rings (SSSR count). The normalized spacial score (nSPS) is 26.0. The van der Waals surface area contributed by atoms with Crippen molar-refractivity contribution >= 4 is 5.91 Å². The summed E-state index contributed by atoms with van der Waals surface area (Å²) in [5.74, 6) is 0.0887. The van der Waals surface area contributed by atoms with E-state index >= 15 is 0 Å². The number of hydrogen-bond donors (Lipinski definition) is 2. The van der Waals surface area contributed by atoms with Gasteiger partial charge in [-0.25, -0.2) is 0 Å². The first-order chi connectivity index (χ1) is 13.1. The van der Waals surface area contributed by atoms with Crippen LogP contribution in [0.15, 0.2) is 24.3 Å². The minimum absolute atomic E-state index is 0.0887. The van der Waals surface area contributed by atoms with Gasteiger partial charge in [0.25, 0.3) is 0 Å². The van der Waals surface area contributed by atoms with Crippen LogP contribution in [-0.4, -0.2) is 78.5 Å². The van der Waals surface area contributed by atoms with Gasteiger partial charge in [-0.05, 0) is 36.8 Å². The van der Waals surface area contributed by atoms with Crippen LogP contribution in [0.25, 0.3) is 0 Å². The molecule has 0 unspecified atom stereocenters. The first-order valence-corrected chi connectivity index (χ1v) is 9.93. The zero-order chi connectivity index (χ0) is 19.3. The standard InChI is InChI=1S/C21H32N2O4/c1-27-12-4-9-21(16-24)15-23(11-8-19(21)25)20(26)14-22-10-7-17-5-2-3-6-18(17)13-22/h2-3,5-6,19,24-25H,4,7-16H2,1H3/t19-,21+/m1/s1. The summed E-state index contributed by atoms with van der Waals surface area (Å²) >= 11 is 0. The van der Waals surface area contributed by atoms with E-state index < -0.39 is 11.5 Å². The molecule has 0 aliphatic carbocycles. The highest BCUT2D eigenvalue weighted by atomic mass is 16.5. The van der Waals surface area contributed by atoms with Gasteiger partial charge in [0.15, 0.2) is 0 Å². The van der Waals surface area contributed by atoms with E-state index in [4.69, 9.17) is 4.74 Å². The number of rotatable bonds is 7. The summed E-state index contributed by atoms with van der Waals surface area (Å²) in [6.07, 6.45) is 2.32. The summed E-state index contributed by atoms with van der Waals surface area (Å²) in [6, 6.07) is 8.41. The van der Waals surface area contributed by atoms with Crippen molar-refractivity contribution in [2.45, 2.75) is 38.3 Å². The van der Waals surface area contributed by atoms with Gasteiger partial charge in [0.1, 0.15) is 0 Å². The second-order valence-electron chi connectivity index (χ2n) is 7.97. The Labute approximate surface area is 161 Å². The van der Waals surface area contributed by atoms with Crippen molar-refractivity contribution in [3.63, 3.8) is 0 Å². The van der Waals surface area contributed by atoms with E-state index in [1.165, 1.54) is 11.1 Å². The lowest BCUT2D eigenvalue weighted by Crippen LogP contribution is -2.56. The third-order valence-corrected chi connectivity index (χ3v) is 6.14. The second kappa shape index (κ2) is 9.15. The van der Waals surface area contributed by atoms with Gasteiger partial charge in [0.05, 0.1) is 19.3 Å². The lowest BCUT2D eigenvalue weighted by atomic mass is 9.74. The SMILES string of the molecule is COCCC[C@@]1(CO)CN(C(=O)CN2CCc3ccccc3C2)CC[C@H]1O. The summed E-state index contributed by atoms with van der Waals surface area (Å²) in [5.41, 5.74) is 2.04. The van der Waals surface area contributed by atoms with Crippen LogP contribution < -0.4 is 0 Å². The predicted octanol–water partition coefficient (Wildman–Crippen LogP) is 1.04. The smallest absolute Gasteiger partial charge is 0.236 e. The molecule has 2 aliphatic rings. The molecule has 2 heterocycles. The molecule has 0 aromatic heterocycles. The summed E-state index contributed by atoms with van der Waals surface area (Å²) < 4.78 is 5.11. The van der Waals surface area contributed by atoms with Crippen molar-refractivity contribution in [3.05, 3.63) is 35.4 Å². The second-order valence-corrected chi connectivity index (χ2v) is 7.97. The molecule has 1 aromatic rings. The molecule has 0 spiro atoms. The third-order valence-electron chi connectivity index (χ3n) is 6.14. The number of hydrogen-bond acceptors (Lipinski definition) is 5. The Morgan fingerprint density at radius 1 is 1.30 bits per heavy atom. The lowest BCUT2D eigenvalue weighted by molar-refractivity contribution is -0.144. The van der Waals surface area contributed by atoms with Crippen LogP contribution in [0.5, 0.6) is 0 Å². The van der Waals surface area contributed by atoms with Gasteiger partial charge in [-0.2, -0.15) is 0 Å². The number of ether oxygens (including phenoxy) is 1. The van der Waals surface area contributed by atoms with Gasteiger partial charge in [-0.15, -0.1) is 0 Å². The van der Waals surface area contributed by atoms with E-state index in [9.17, 15) is 15.0 Å². The molecular weight excluding hydrogens is 344 g/mol. The number of fused-ring (bicyclic) bond motifs is 1. The lowest BCUT2D eigenvalue weighted by Gasteiger charge is -2.46. The fraction of sp³-hybridized carbons (Fsp3) is 0.667. The van der Waals surface area contributed by atoms with E-state index in [2.05, 4.69) is 23.1 Å². The highest BCUT2D eigenvalue weighted by Crippen LogP contribution is 2.35. The Hall–Kier alpha value is -1.47. The van der Waals surface area contributed by atoms with Crippen molar-refractivity contribution in [1.29, 1.82) is 0 Å². The number of benzene rings is 1. The molecule has 6 heteroatoms. The van der Waals surface area contributed by atoms with Gasteiger partial charge in [-0.3, -0.25) is 9.69 Å². The zero-order valence-corrected chi connectivity index (χ0v) is 16.3. The number of aliphatic hydroxyl groups excluding tert-OH is 2. The van der Waals surface area contributed by atoms with Gasteiger partial charge in [0.2, 0.25) is 5.91 Å². The van der Waals surface area contributed by atoms with Gasteiger partial charge < -0.3 is 19.8 Å². The number of likely N-dealkylation sites (tertiary alicyclic amines) is 1. The monoisotopic (exact) mass is 376 g/mol. The average Bonchev–Trinajstić information content (AvgIpc) is 2.69. The van der Waals surface area contributed by atoms with Gasteiger partial charge in [0, 0.05) is 45.3 Å². The fourth-order valence-electron chi connectivity index (χ4n) is 4.39. The molecule has 0 radical (unpaired) electrons. The molecular formula is C21H32N2O4. The number of piperidine rings is 1. The molecule has 0 saturated carbocycles. The first-order valence-electron chi connectivity index (χ1n) is 9.93. The highest BCUT2D eigenvalue weighted by molar-refractivity contribution is 5.78. The number of amides is 1. The molecule has 1 fully saturated rings. The van der Waals surface area contributed by atoms with E-state index in [1.54, 1.807) is 7.11 Å². The quantitative estimate of drug-likeness (QED) is 0.696. The van der Waals surface area contributed by atoms with E-state index in [0.29, 0.717) is 39.1 Å². The maximum Gasteiger partial charge on any atom is 0.236 e. The minimum Gasteiger partial charge on any atom is -0.396 e. The Morgan fingerprint density at radius 2 is 2.07 bits per heavy atom. The van der Waals surface area contributed by atoms with Crippen LogP contribution in [-0.2, 0) is 22.5 Å². The van der Waals surface area contributed by atoms with Gasteiger partial charge in [-0.1, -0.05) is 24.3 Å². The van der Waals surface area contributed by atoms with Crippen molar-refractivity contribution in [1.82, 2.24) is 9.80 Å². The minimum atomic E-state index is -0.638. The maximum atomic E-state index is 12.9. The number of nitrogens with zero attached hydrogens (tertiary/aromatic N) is 2. The molecule has 150 valence electrons. The van der Waals surface area contributed by atoms with E-state index in [-0.39, 0.29) is 12.5 Å². The molecule has 1 amide bonds. The van der Waals surface area contributed by atoms with Crippen LogP contribution in [0.2, 0.25) is 0 Å². The first kappa shape index (κ1) is 20.3. The molecule has 2 N–H and O–H groups in total. The fourth-order valence-corrected chi connectivity index (χ4v) is 4.39. The van der Waals surface area contributed by atoms with E-state index in [0.717, 1.165) is 25.9 Å². The van der Waals surface area contributed by atoms with Crippen molar-refractivity contribution in [2.24, 2.45) is 5.41 Å².